The molecule has 0 amide bonds. The van der Waals surface area contributed by atoms with E-state index in [0.29, 0.717) is 0 Å². The van der Waals surface area contributed by atoms with Gasteiger partial charge in [-0.3, -0.25) is 18.9 Å². The summed E-state index contributed by atoms with van der Waals surface area (Å²) in [6, 6.07) is 7.02. The van der Waals surface area contributed by atoms with Gasteiger partial charge in [0.1, 0.15) is 30.2 Å². The molecule has 1 aromatic rings. The van der Waals surface area contributed by atoms with Crippen LogP contribution in [0.3, 0.4) is 0 Å². The fourth-order valence-electron chi connectivity index (χ4n) is 5.27. The molecule has 40 heavy (non-hydrogen) atoms. The van der Waals surface area contributed by atoms with Crippen molar-refractivity contribution < 1.29 is 52.1 Å². The molecule has 2 fully saturated rings. The molecule has 4 unspecified atom stereocenters. The van der Waals surface area contributed by atoms with Crippen molar-refractivity contribution in [1.82, 2.24) is 5.09 Å². The summed E-state index contributed by atoms with van der Waals surface area (Å²) in [5, 5.41) is 20.9. The molecule has 3 N–H and O–H groups in total. The van der Waals surface area contributed by atoms with Gasteiger partial charge in [0, 0.05) is 12.8 Å². The summed E-state index contributed by atoms with van der Waals surface area (Å²) in [6.07, 6.45) is 3.96. The van der Waals surface area contributed by atoms with Crippen LogP contribution in [0.25, 0.3) is 0 Å². The Morgan fingerprint density at radius 1 is 1.10 bits per heavy atom. The van der Waals surface area contributed by atoms with Crippen LogP contribution in [0.5, 0.6) is 5.75 Å². The number of rotatable bonds is 16. The van der Waals surface area contributed by atoms with Gasteiger partial charge in [-0.05, 0) is 69.4 Å². The Bertz CT molecular complexity index is 1040. The zero-order chi connectivity index (χ0) is 29.2. The van der Waals surface area contributed by atoms with Gasteiger partial charge in [0.05, 0.1) is 13.2 Å². The monoisotopic (exact) mass is 587 g/mol. The number of nitrogens with one attached hydrogen (secondary N) is 1. The molecule has 1 aliphatic heterocycles. The van der Waals surface area contributed by atoms with Crippen LogP contribution in [0.15, 0.2) is 30.3 Å². The Morgan fingerprint density at radius 3 is 2.38 bits per heavy atom. The van der Waals surface area contributed by atoms with E-state index in [1.54, 1.807) is 18.2 Å². The highest BCUT2D eigenvalue weighted by atomic mass is 31.2. The standard InChI is InChI=1S/C27H39FNO10P/c1-19(26(34)38-21-8-4-2-5-9-21)29-40(35,39-22-10-6-3-7-11-22)37-18-27(17-28)23(13-15-25(32)33)20(16-36-27)12-14-24(30)31/h3,6-7,10-11,19-21,23H,2,4-5,8-9,12-18H2,1H3,(H,29,35)(H,30,31)(H,32,33)/t19-,20?,23?,27?,40?/m0/s1. The first-order valence-corrected chi connectivity index (χ1v) is 15.2. The SMILES string of the molecule is C[C@H](NP(=O)(OCC1(CF)OCC(CCC(=O)O)C1CCC(=O)O)Oc1ccccc1)C(=O)OC1CCCCC1. The number of carboxylic acids is 2. The number of halogens is 1. The first-order chi connectivity index (χ1) is 19.1. The Balaban J connectivity index is 1.77. The number of ether oxygens (including phenoxy) is 2. The van der Waals surface area contributed by atoms with Crippen molar-refractivity contribution in [3.8, 4) is 5.75 Å². The molecular formula is C27H39FNO10P. The van der Waals surface area contributed by atoms with E-state index in [1.807, 2.05) is 0 Å². The predicted molar refractivity (Wildman–Crippen MR) is 142 cm³/mol. The number of aliphatic carboxylic acids is 2. The molecule has 11 nitrogen and oxygen atoms in total. The number of alkyl halides is 1. The van der Waals surface area contributed by atoms with Crippen LogP contribution in [-0.4, -0.2) is 65.8 Å². The van der Waals surface area contributed by atoms with Crippen molar-refractivity contribution in [2.75, 3.05) is 19.9 Å². The lowest BCUT2D eigenvalue weighted by molar-refractivity contribution is -0.152. The maximum Gasteiger partial charge on any atom is 0.459 e. The van der Waals surface area contributed by atoms with Gasteiger partial charge in [0.25, 0.3) is 0 Å². The number of para-hydroxylation sites is 1. The molecule has 1 saturated carbocycles. The number of carbonyl (C=O) groups is 3. The highest BCUT2D eigenvalue weighted by Gasteiger charge is 2.51. The molecular weight excluding hydrogens is 548 g/mol. The average molecular weight is 588 g/mol. The number of hydrogen-bond donors (Lipinski definition) is 3. The number of esters is 1. The van der Waals surface area contributed by atoms with Crippen LogP contribution in [0, 0.1) is 11.8 Å². The molecule has 13 heteroatoms. The van der Waals surface area contributed by atoms with E-state index in [0.717, 1.165) is 32.1 Å². The lowest BCUT2D eigenvalue weighted by Gasteiger charge is -2.34. The number of benzene rings is 1. The lowest BCUT2D eigenvalue weighted by Crippen LogP contribution is -2.45. The molecule has 0 spiro atoms. The van der Waals surface area contributed by atoms with Gasteiger partial charge in [0.15, 0.2) is 0 Å². The van der Waals surface area contributed by atoms with Crippen molar-refractivity contribution in [3.05, 3.63) is 30.3 Å². The summed E-state index contributed by atoms with van der Waals surface area (Å²) in [5.74, 6) is -3.74. The normalized spacial score (nSPS) is 25.6. The predicted octanol–water partition coefficient (Wildman–Crippen LogP) is 4.74. The third kappa shape index (κ3) is 9.26. The highest BCUT2D eigenvalue weighted by Crippen LogP contribution is 2.49. The average Bonchev–Trinajstić information content (AvgIpc) is 3.28. The molecule has 0 radical (unpaired) electrons. The van der Waals surface area contributed by atoms with E-state index in [2.05, 4.69) is 5.09 Å². The van der Waals surface area contributed by atoms with Gasteiger partial charge in [-0.2, -0.15) is 5.09 Å². The zero-order valence-corrected chi connectivity index (χ0v) is 23.6. The smallest absolute Gasteiger partial charge is 0.459 e. The summed E-state index contributed by atoms with van der Waals surface area (Å²) >= 11 is 0. The van der Waals surface area contributed by atoms with E-state index in [9.17, 15) is 28.4 Å². The molecule has 0 aromatic heterocycles. The molecule has 5 atom stereocenters. The number of carboxylic acid groups (broad SMARTS) is 2. The van der Waals surface area contributed by atoms with Crippen molar-refractivity contribution >= 4 is 25.7 Å². The summed E-state index contributed by atoms with van der Waals surface area (Å²) in [4.78, 5) is 35.2. The van der Waals surface area contributed by atoms with E-state index in [1.165, 1.54) is 19.1 Å². The van der Waals surface area contributed by atoms with E-state index < -0.39 is 62.4 Å². The Kier molecular flexibility index (Phi) is 11.9. The summed E-state index contributed by atoms with van der Waals surface area (Å²) < 4.78 is 51.4. The quantitative estimate of drug-likeness (QED) is 0.181. The van der Waals surface area contributed by atoms with Crippen LogP contribution >= 0.6 is 7.75 Å². The molecule has 2 aliphatic rings. The van der Waals surface area contributed by atoms with E-state index in [4.69, 9.17) is 23.6 Å². The third-order valence-electron chi connectivity index (χ3n) is 7.44. The minimum absolute atomic E-state index is 0.00770. The van der Waals surface area contributed by atoms with Crippen molar-refractivity contribution in [2.45, 2.75) is 82.5 Å². The van der Waals surface area contributed by atoms with Gasteiger partial charge in [-0.1, -0.05) is 24.6 Å². The van der Waals surface area contributed by atoms with Crippen LogP contribution in [0.1, 0.15) is 64.7 Å². The molecule has 1 saturated heterocycles. The van der Waals surface area contributed by atoms with Gasteiger partial charge in [-0.25, -0.2) is 8.96 Å². The molecule has 1 heterocycles. The first kappa shape index (κ1) is 32.0. The molecule has 1 aliphatic carbocycles. The van der Waals surface area contributed by atoms with Crippen molar-refractivity contribution in [3.63, 3.8) is 0 Å². The Morgan fingerprint density at radius 2 is 1.75 bits per heavy atom. The van der Waals surface area contributed by atoms with Gasteiger partial charge in [-0.15, -0.1) is 0 Å². The van der Waals surface area contributed by atoms with Gasteiger partial charge < -0.3 is 24.2 Å². The first-order valence-electron chi connectivity index (χ1n) is 13.7. The maximum atomic E-state index is 14.7. The summed E-state index contributed by atoms with van der Waals surface area (Å²) in [5.41, 5.74) is -1.68. The fourth-order valence-corrected chi connectivity index (χ4v) is 6.81. The Hall–Kier alpha value is -2.53. The second-order valence-electron chi connectivity index (χ2n) is 10.5. The maximum absolute atomic E-state index is 14.7. The topological polar surface area (TPSA) is 158 Å². The van der Waals surface area contributed by atoms with Crippen molar-refractivity contribution in [1.29, 1.82) is 0 Å². The molecule has 224 valence electrons. The van der Waals surface area contributed by atoms with E-state index >= 15 is 0 Å². The number of hydrogen-bond acceptors (Lipinski definition) is 8. The second kappa shape index (κ2) is 14.9. The summed E-state index contributed by atoms with van der Waals surface area (Å²) in [7, 11) is -4.34. The lowest BCUT2D eigenvalue weighted by atomic mass is 9.77. The second-order valence-corrected chi connectivity index (χ2v) is 12.2. The molecule has 1 aromatic carbocycles. The molecule has 0 bridgehead atoms. The van der Waals surface area contributed by atoms with E-state index in [-0.39, 0.29) is 44.1 Å². The van der Waals surface area contributed by atoms with Crippen LogP contribution < -0.4 is 9.61 Å². The largest absolute Gasteiger partial charge is 0.481 e. The van der Waals surface area contributed by atoms with Crippen LogP contribution in [0.4, 0.5) is 4.39 Å². The minimum Gasteiger partial charge on any atom is -0.481 e. The molecule has 3 rings (SSSR count). The highest BCUT2D eigenvalue weighted by molar-refractivity contribution is 7.52. The van der Waals surface area contributed by atoms with Crippen LogP contribution in [-0.2, 0) is 32.9 Å². The third-order valence-corrected chi connectivity index (χ3v) is 9.07. The Labute approximate surface area is 233 Å². The van der Waals surface area contributed by atoms with Gasteiger partial charge >= 0.3 is 25.7 Å². The fraction of sp³-hybridized carbons (Fsp3) is 0.667. The van der Waals surface area contributed by atoms with Crippen LogP contribution in [0.2, 0.25) is 0 Å². The van der Waals surface area contributed by atoms with Gasteiger partial charge in [0.2, 0.25) is 0 Å². The minimum atomic E-state index is -4.34. The zero-order valence-electron chi connectivity index (χ0n) is 22.7. The number of carbonyl (C=O) groups excluding carboxylic acids is 1. The summed E-state index contributed by atoms with van der Waals surface area (Å²) in [6.45, 7) is -0.222. The van der Waals surface area contributed by atoms with Crippen molar-refractivity contribution in [2.24, 2.45) is 11.8 Å².